The number of hydrogen-bond donors (Lipinski definition) is 1. The van der Waals surface area contributed by atoms with Crippen LogP contribution in [0.3, 0.4) is 0 Å². The van der Waals surface area contributed by atoms with Crippen molar-refractivity contribution in [3.05, 3.63) is 71.5 Å². The predicted molar refractivity (Wildman–Crippen MR) is 91.0 cm³/mol. The highest BCUT2D eigenvalue weighted by molar-refractivity contribution is 5.79. The Morgan fingerprint density at radius 2 is 1.75 bits per heavy atom. The van der Waals surface area contributed by atoms with Crippen LogP contribution in [-0.2, 0) is 16.0 Å². The third kappa shape index (κ3) is 4.42. The Morgan fingerprint density at radius 3 is 2.42 bits per heavy atom. The molecule has 1 aliphatic rings. The van der Waals surface area contributed by atoms with Gasteiger partial charge in [-0.15, -0.1) is 0 Å². The monoisotopic (exact) mass is 327 g/mol. The molecule has 1 amide bonds. The molecule has 2 aromatic carbocycles. The van der Waals surface area contributed by atoms with E-state index in [2.05, 4.69) is 5.32 Å². The maximum Gasteiger partial charge on any atom is 0.223 e. The maximum atomic E-state index is 13.1. The van der Waals surface area contributed by atoms with Crippen molar-refractivity contribution in [3.63, 3.8) is 0 Å². The fourth-order valence-corrected chi connectivity index (χ4v) is 3.04. The van der Waals surface area contributed by atoms with Gasteiger partial charge in [-0.3, -0.25) is 4.79 Å². The molecule has 0 saturated carbocycles. The first-order valence-corrected chi connectivity index (χ1v) is 8.40. The molecular weight excluding hydrogens is 305 g/mol. The number of carbonyl (C=O) groups is 1. The molecule has 126 valence electrons. The van der Waals surface area contributed by atoms with Gasteiger partial charge in [0.15, 0.2) is 0 Å². The summed E-state index contributed by atoms with van der Waals surface area (Å²) in [6.45, 7) is 1.29. The van der Waals surface area contributed by atoms with E-state index in [1.807, 2.05) is 30.3 Å². The second-order valence-corrected chi connectivity index (χ2v) is 6.19. The van der Waals surface area contributed by atoms with Crippen LogP contribution < -0.4 is 5.32 Å². The van der Waals surface area contributed by atoms with Crippen molar-refractivity contribution in [2.75, 3.05) is 13.2 Å². The number of carbonyl (C=O) groups excluding carboxylic acids is 1. The van der Waals surface area contributed by atoms with Crippen molar-refractivity contribution in [2.24, 2.45) is 5.92 Å². The molecule has 1 heterocycles. The number of halogens is 1. The first-order chi connectivity index (χ1) is 11.7. The summed E-state index contributed by atoms with van der Waals surface area (Å²) in [4.78, 5) is 12.6. The lowest BCUT2D eigenvalue weighted by atomic mass is 9.95. The van der Waals surface area contributed by atoms with Gasteiger partial charge in [0, 0.05) is 19.1 Å². The maximum absolute atomic E-state index is 13.1. The summed E-state index contributed by atoms with van der Waals surface area (Å²) >= 11 is 0. The molecule has 1 atom stereocenters. The topological polar surface area (TPSA) is 38.3 Å². The molecule has 1 unspecified atom stereocenters. The molecule has 1 fully saturated rings. The summed E-state index contributed by atoms with van der Waals surface area (Å²) in [7, 11) is 0. The quantitative estimate of drug-likeness (QED) is 0.910. The van der Waals surface area contributed by atoms with Gasteiger partial charge in [-0.25, -0.2) is 4.39 Å². The molecule has 3 nitrogen and oxygen atoms in total. The first-order valence-electron chi connectivity index (χ1n) is 8.40. The Labute approximate surface area is 141 Å². The third-order valence-corrected chi connectivity index (χ3v) is 4.46. The zero-order valence-corrected chi connectivity index (χ0v) is 13.6. The summed E-state index contributed by atoms with van der Waals surface area (Å²) < 4.78 is 18.4. The largest absolute Gasteiger partial charge is 0.381 e. The van der Waals surface area contributed by atoms with E-state index in [1.165, 1.54) is 12.1 Å². The molecule has 3 rings (SSSR count). The molecule has 1 aliphatic heterocycles. The van der Waals surface area contributed by atoms with E-state index in [0.717, 1.165) is 24.0 Å². The number of ether oxygens (including phenoxy) is 1. The summed E-state index contributed by atoms with van der Waals surface area (Å²) in [5, 5.41) is 3.18. The van der Waals surface area contributed by atoms with Crippen LogP contribution in [0.15, 0.2) is 54.6 Å². The number of benzene rings is 2. The highest BCUT2D eigenvalue weighted by atomic mass is 19.1. The van der Waals surface area contributed by atoms with Crippen LogP contribution in [0, 0.1) is 11.7 Å². The predicted octanol–water partition coefficient (Wildman–Crippen LogP) is 3.65. The van der Waals surface area contributed by atoms with E-state index in [9.17, 15) is 9.18 Å². The van der Waals surface area contributed by atoms with E-state index < -0.39 is 0 Å². The standard InChI is InChI=1S/C20H22FNO2/c21-18-8-6-15(7-9-18)14-19(16-4-2-1-3-5-16)22-20(23)17-10-12-24-13-11-17/h1-9,17,19H,10-14H2,(H,22,23). The second kappa shape index (κ2) is 8.06. The number of amides is 1. The lowest BCUT2D eigenvalue weighted by molar-refractivity contribution is -0.128. The van der Waals surface area contributed by atoms with Crippen LogP contribution in [0.5, 0.6) is 0 Å². The fraction of sp³-hybridized carbons (Fsp3) is 0.350. The Hall–Kier alpha value is -2.20. The SMILES string of the molecule is O=C(NC(Cc1ccc(F)cc1)c1ccccc1)C1CCOCC1. The van der Waals surface area contributed by atoms with Crippen LogP contribution in [0.25, 0.3) is 0 Å². The molecule has 0 aromatic heterocycles. The Kier molecular flexibility index (Phi) is 5.59. The van der Waals surface area contributed by atoms with E-state index in [1.54, 1.807) is 12.1 Å². The summed E-state index contributed by atoms with van der Waals surface area (Å²) in [6.07, 6.45) is 2.17. The molecule has 4 heteroatoms. The number of nitrogens with one attached hydrogen (secondary N) is 1. The van der Waals surface area contributed by atoms with Crippen LogP contribution in [0.1, 0.15) is 30.0 Å². The molecule has 0 spiro atoms. The van der Waals surface area contributed by atoms with Crippen LogP contribution in [0.2, 0.25) is 0 Å². The summed E-state index contributed by atoms with van der Waals surface area (Å²) in [6, 6.07) is 16.2. The van der Waals surface area contributed by atoms with E-state index >= 15 is 0 Å². The van der Waals surface area contributed by atoms with Crippen molar-refractivity contribution >= 4 is 5.91 Å². The van der Waals surface area contributed by atoms with Crippen LogP contribution in [0.4, 0.5) is 4.39 Å². The minimum atomic E-state index is -0.249. The third-order valence-electron chi connectivity index (χ3n) is 4.46. The van der Waals surface area contributed by atoms with Gasteiger partial charge in [0.05, 0.1) is 6.04 Å². The zero-order chi connectivity index (χ0) is 16.8. The smallest absolute Gasteiger partial charge is 0.223 e. The van der Waals surface area contributed by atoms with Gasteiger partial charge in [0.2, 0.25) is 5.91 Å². The Bertz CT molecular complexity index is 651. The minimum absolute atomic E-state index is 0.0122. The highest BCUT2D eigenvalue weighted by Crippen LogP contribution is 2.21. The van der Waals surface area contributed by atoms with Gasteiger partial charge in [0.25, 0.3) is 0 Å². The molecule has 24 heavy (non-hydrogen) atoms. The van der Waals surface area contributed by atoms with E-state index in [-0.39, 0.29) is 23.7 Å². The van der Waals surface area contributed by atoms with Crippen LogP contribution >= 0.6 is 0 Å². The molecule has 2 aromatic rings. The van der Waals surface area contributed by atoms with Gasteiger partial charge in [-0.1, -0.05) is 42.5 Å². The first kappa shape index (κ1) is 16.7. The minimum Gasteiger partial charge on any atom is -0.381 e. The molecule has 1 saturated heterocycles. The van der Waals surface area contributed by atoms with Crippen LogP contribution in [-0.4, -0.2) is 19.1 Å². The van der Waals surface area contributed by atoms with Gasteiger partial charge >= 0.3 is 0 Å². The average molecular weight is 327 g/mol. The van der Waals surface area contributed by atoms with E-state index in [0.29, 0.717) is 19.6 Å². The van der Waals surface area contributed by atoms with Crippen molar-refractivity contribution < 1.29 is 13.9 Å². The molecule has 0 radical (unpaired) electrons. The molecular formula is C20H22FNO2. The summed E-state index contributed by atoms with van der Waals surface area (Å²) in [5.41, 5.74) is 2.06. The lowest BCUT2D eigenvalue weighted by Crippen LogP contribution is -2.37. The van der Waals surface area contributed by atoms with Crippen molar-refractivity contribution in [2.45, 2.75) is 25.3 Å². The highest BCUT2D eigenvalue weighted by Gasteiger charge is 2.24. The molecule has 1 N–H and O–H groups in total. The second-order valence-electron chi connectivity index (χ2n) is 6.19. The number of hydrogen-bond acceptors (Lipinski definition) is 2. The van der Waals surface area contributed by atoms with E-state index in [4.69, 9.17) is 4.74 Å². The fourth-order valence-electron chi connectivity index (χ4n) is 3.04. The van der Waals surface area contributed by atoms with Gasteiger partial charge < -0.3 is 10.1 Å². The van der Waals surface area contributed by atoms with Gasteiger partial charge in [-0.05, 0) is 42.5 Å². The van der Waals surface area contributed by atoms with Crippen molar-refractivity contribution in [1.29, 1.82) is 0 Å². The van der Waals surface area contributed by atoms with Crippen molar-refractivity contribution in [3.8, 4) is 0 Å². The number of rotatable bonds is 5. The molecule has 0 bridgehead atoms. The molecule has 0 aliphatic carbocycles. The Balaban J connectivity index is 1.74. The Morgan fingerprint density at radius 1 is 1.08 bits per heavy atom. The lowest BCUT2D eigenvalue weighted by Gasteiger charge is -2.25. The van der Waals surface area contributed by atoms with Gasteiger partial charge in [-0.2, -0.15) is 0 Å². The van der Waals surface area contributed by atoms with Gasteiger partial charge in [0.1, 0.15) is 5.82 Å². The zero-order valence-electron chi connectivity index (χ0n) is 13.6. The average Bonchev–Trinajstić information content (AvgIpc) is 2.64. The van der Waals surface area contributed by atoms with Crippen molar-refractivity contribution in [1.82, 2.24) is 5.32 Å². The normalized spacial score (nSPS) is 16.5. The summed E-state index contributed by atoms with van der Waals surface area (Å²) in [5.74, 6) is -0.159.